The lowest BCUT2D eigenvalue weighted by Gasteiger charge is -2.28. The minimum atomic E-state index is -0.456. The van der Waals surface area contributed by atoms with Gasteiger partial charge in [0.2, 0.25) is 5.91 Å². The van der Waals surface area contributed by atoms with Gasteiger partial charge in [0, 0.05) is 29.7 Å². The molecule has 0 spiro atoms. The van der Waals surface area contributed by atoms with E-state index >= 15 is 0 Å². The number of ether oxygens (including phenoxy) is 3. The molecule has 1 heterocycles. The molecule has 1 aliphatic heterocycles. The molecule has 0 aliphatic carbocycles. The first-order valence-corrected chi connectivity index (χ1v) is 8.87. The molecule has 1 unspecified atom stereocenters. The Kier molecular flexibility index (Phi) is 5.64. The van der Waals surface area contributed by atoms with E-state index in [0.29, 0.717) is 17.9 Å². The zero-order valence-corrected chi connectivity index (χ0v) is 15.7. The molecule has 1 N–H and O–H groups in total. The van der Waals surface area contributed by atoms with Gasteiger partial charge in [-0.3, -0.25) is 4.79 Å². The molecule has 1 atom stereocenters. The second kappa shape index (κ2) is 8.12. The van der Waals surface area contributed by atoms with Gasteiger partial charge in [0.15, 0.2) is 6.61 Å². The van der Waals surface area contributed by atoms with E-state index in [4.69, 9.17) is 9.47 Å². The van der Waals surface area contributed by atoms with Crippen molar-refractivity contribution in [3.05, 3.63) is 53.6 Å². The van der Waals surface area contributed by atoms with Gasteiger partial charge >= 0.3 is 5.97 Å². The summed E-state index contributed by atoms with van der Waals surface area (Å²) in [6.45, 7) is 3.73. The lowest BCUT2D eigenvalue weighted by molar-refractivity contribution is -0.142. The number of carbonyl (C=O) groups excluding carboxylic acids is 2. The highest BCUT2D eigenvalue weighted by molar-refractivity contribution is 5.95. The lowest BCUT2D eigenvalue weighted by atomic mass is 9.84. The van der Waals surface area contributed by atoms with Gasteiger partial charge in [0.25, 0.3) is 0 Å². The Morgan fingerprint density at radius 3 is 2.70 bits per heavy atom. The van der Waals surface area contributed by atoms with Gasteiger partial charge in [0.1, 0.15) is 11.5 Å². The normalized spacial score (nSPS) is 15.7. The second-order valence-electron chi connectivity index (χ2n) is 6.62. The van der Waals surface area contributed by atoms with E-state index < -0.39 is 5.97 Å². The highest BCUT2D eigenvalue weighted by atomic mass is 16.6. The number of anilines is 1. The molecule has 0 saturated carbocycles. The first-order chi connectivity index (χ1) is 13.0. The number of amides is 1. The molecule has 6 heteroatoms. The molecule has 2 aromatic rings. The first kappa shape index (κ1) is 18.8. The van der Waals surface area contributed by atoms with Crippen LogP contribution in [0.25, 0.3) is 0 Å². The number of esters is 1. The van der Waals surface area contributed by atoms with Crippen molar-refractivity contribution in [3.8, 4) is 11.5 Å². The highest BCUT2D eigenvalue weighted by Gasteiger charge is 2.29. The largest absolute Gasteiger partial charge is 0.491 e. The number of para-hydroxylation sites is 1. The minimum absolute atomic E-state index is 0.0468. The van der Waals surface area contributed by atoms with Crippen LogP contribution in [-0.4, -0.2) is 31.7 Å². The Morgan fingerprint density at radius 1 is 1.19 bits per heavy atom. The molecular weight excluding hydrogens is 346 g/mol. The van der Waals surface area contributed by atoms with Gasteiger partial charge in [-0.1, -0.05) is 24.3 Å². The average molecular weight is 369 g/mol. The van der Waals surface area contributed by atoms with Gasteiger partial charge in [-0.15, -0.1) is 0 Å². The van der Waals surface area contributed by atoms with Crippen molar-refractivity contribution in [3.63, 3.8) is 0 Å². The van der Waals surface area contributed by atoms with Gasteiger partial charge in [-0.2, -0.15) is 0 Å². The maximum Gasteiger partial charge on any atom is 0.343 e. The van der Waals surface area contributed by atoms with Crippen molar-refractivity contribution >= 4 is 17.6 Å². The van der Waals surface area contributed by atoms with Crippen molar-refractivity contribution < 1.29 is 23.8 Å². The molecule has 1 aliphatic rings. The van der Waals surface area contributed by atoms with Crippen LogP contribution in [0.1, 0.15) is 37.3 Å². The van der Waals surface area contributed by atoms with E-state index in [-0.39, 0.29) is 24.5 Å². The third-order valence-corrected chi connectivity index (χ3v) is 4.30. The fourth-order valence-corrected chi connectivity index (χ4v) is 3.16. The molecular formula is C21H23NO5. The first-order valence-electron chi connectivity index (χ1n) is 8.87. The molecule has 0 radical (unpaired) electrons. The summed E-state index contributed by atoms with van der Waals surface area (Å²) in [6, 6.07) is 13.1. The van der Waals surface area contributed by atoms with Crippen LogP contribution in [0.2, 0.25) is 0 Å². The van der Waals surface area contributed by atoms with E-state index in [0.717, 1.165) is 16.8 Å². The predicted molar refractivity (Wildman–Crippen MR) is 101 cm³/mol. The molecule has 2 aromatic carbocycles. The molecule has 0 aromatic heterocycles. The van der Waals surface area contributed by atoms with Crippen LogP contribution < -0.4 is 14.8 Å². The molecule has 6 nitrogen and oxygen atoms in total. The Balaban J connectivity index is 1.94. The Morgan fingerprint density at radius 2 is 1.96 bits per heavy atom. The van der Waals surface area contributed by atoms with Gasteiger partial charge in [-0.05, 0) is 31.5 Å². The summed E-state index contributed by atoms with van der Waals surface area (Å²) in [4.78, 5) is 23.7. The number of methoxy groups -OCH3 is 1. The maximum atomic E-state index is 12.3. The SMILES string of the molecule is COC(=O)COc1ccccc1C1CC(=O)Nc2cc(OC(C)C)ccc21. The van der Waals surface area contributed by atoms with E-state index in [2.05, 4.69) is 10.1 Å². The third kappa shape index (κ3) is 4.39. The van der Waals surface area contributed by atoms with Gasteiger partial charge in [0.05, 0.1) is 13.2 Å². The van der Waals surface area contributed by atoms with E-state index in [9.17, 15) is 9.59 Å². The zero-order valence-electron chi connectivity index (χ0n) is 15.7. The minimum Gasteiger partial charge on any atom is -0.491 e. The van der Waals surface area contributed by atoms with Gasteiger partial charge in [-0.25, -0.2) is 4.79 Å². The second-order valence-corrected chi connectivity index (χ2v) is 6.62. The summed E-state index contributed by atoms with van der Waals surface area (Å²) < 4.78 is 16.0. The highest BCUT2D eigenvalue weighted by Crippen LogP contribution is 2.42. The Hall–Kier alpha value is -3.02. The molecule has 0 fully saturated rings. The van der Waals surface area contributed by atoms with Crippen molar-refractivity contribution in [2.75, 3.05) is 19.0 Å². The molecule has 0 saturated heterocycles. The zero-order chi connectivity index (χ0) is 19.4. The number of fused-ring (bicyclic) bond motifs is 1. The summed E-state index contributed by atoms with van der Waals surface area (Å²) in [7, 11) is 1.32. The monoisotopic (exact) mass is 369 g/mol. The van der Waals surface area contributed by atoms with E-state index in [1.54, 1.807) is 6.07 Å². The number of hydrogen-bond donors (Lipinski definition) is 1. The molecule has 3 rings (SSSR count). The van der Waals surface area contributed by atoms with Crippen molar-refractivity contribution in [2.24, 2.45) is 0 Å². The van der Waals surface area contributed by atoms with Crippen molar-refractivity contribution in [2.45, 2.75) is 32.3 Å². The van der Waals surface area contributed by atoms with Crippen LogP contribution in [0.4, 0.5) is 5.69 Å². The maximum absolute atomic E-state index is 12.3. The molecule has 27 heavy (non-hydrogen) atoms. The molecule has 0 bridgehead atoms. The van der Waals surface area contributed by atoms with E-state index in [1.165, 1.54) is 7.11 Å². The fourth-order valence-electron chi connectivity index (χ4n) is 3.16. The predicted octanol–water partition coefficient (Wildman–Crippen LogP) is 3.50. The number of rotatable bonds is 6. The van der Waals surface area contributed by atoms with E-state index in [1.807, 2.05) is 50.2 Å². The number of carbonyl (C=O) groups is 2. The van der Waals surface area contributed by atoms with Crippen LogP contribution >= 0.6 is 0 Å². The molecule has 1 amide bonds. The fraction of sp³-hybridized carbons (Fsp3) is 0.333. The summed E-state index contributed by atoms with van der Waals surface area (Å²) in [5.74, 6) is 0.575. The average Bonchev–Trinajstić information content (AvgIpc) is 2.64. The smallest absolute Gasteiger partial charge is 0.343 e. The Bertz CT molecular complexity index is 846. The van der Waals surface area contributed by atoms with Crippen LogP contribution in [-0.2, 0) is 14.3 Å². The topological polar surface area (TPSA) is 73.9 Å². The third-order valence-electron chi connectivity index (χ3n) is 4.30. The van der Waals surface area contributed by atoms with Crippen molar-refractivity contribution in [1.29, 1.82) is 0 Å². The molecule has 142 valence electrons. The summed E-state index contributed by atoms with van der Waals surface area (Å²) in [5.41, 5.74) is 2.58. The quantitative estimate of drug-likeness (QED) is 0.789. The number of hydrogen-bond acceptors (Lipinski definition) is 5. The number of benzene rings is 2. The number of nitrogens with one attached hydrogen (secondary N) is 1. The van der Waals surface area contributed by atoms with Gasteiger partial charge < -0.3 is 19.5 Å². The van der Waals surface area contributed by atoms with Crippen LogP contribution in [0.5, 0.6) is 11.5 Å². The summed E-state index contributed by atoms with van der Waals surface area (Å²) >= 11 is 0. The van der Waals surface area contributed by atoms with Crippen LogP contribution in [0.15, 0.2) is 42.5 Å². The van der Waals surface area contributed by atoms with Crippen LogP contribution in [0, 0.1) is 0 Å². The summed E-state index contributed by atoms with van der Waals surface area (Å²) in [5, 5.41) is 2.92. The summed E-state index contributed by atoms with van der Waals surface area (Å²) in [6.07, 6.45) is 0.348. The lowest BCUT2D eigenvalue weighted by Crippen LogP contribution is -2.24. The standard InChI is InChI=1S/C21H23NO5/c1-13(2)27-14-8-9-15-17(11-20(23)22-18(15)10-14)16-6-4-5-7-19(16)26-12-21(24)25-3/h4-10,13,17H,11-12H2,1-3H3,(H,22,23). The van der Waals surface area contributed by atoms with Crippen LogP contribution in [0.3, 0.4) is 0 Å². The van der Waals surface area contributed by atoms with Crippen molar-refractivity contribution in [1.82, 2.24) is 0 Å². The Labute approximate surface area is 158 Å².